The van der Waals surface area contributed by atoms with E-state index >= 15 is 0 Å². The van der Waals surface area contributed by atoms with Crippen LogP contribution in [0, 0.1) is 0 Å². The van der Waals surface area contributed by atoms with Crippen molar-refractivity contribution in [3.8, 4) is 0 Å². The molecule has 1 rings (SSSR count). The fourth-order valence-corrected chi connectivity index (χ4v) is 2.36. The Balaban J connectivity index is 2.35. The third-order valence-electron chi connectivity index (χ3n) is 2.57. The summed E-state index contributed by atoms with van der Waals surface area (Å²) in [4.78, 5) is 1.36. The maximum Gasteiger partial charge on any atom is 0.0210 e. The maximum atomic E-state index is 3.74. The van der Waals surface area contributed by atoms with Gasteiger partial charge in [-0.1, -0.05) is 18.2 Å². The molecule has 0 aromatic heterocycles. The number of benzene rings is 1. The molecule has 100 valence electrons. The molecule has 0 aliphatic rings. The van der Waals surface area contributed by atoms with Crippen LogP contribution in [0.1, 0.15) is 39.2 Å². The summed E-state index contributed by atoms with van der Waals surface area (Å²) < 4.78 is 0. The van der Waals surface area contributed by atoms with Gasteiger partial charge >= 0.3 is 0 Å². The number of nitrogens with one attached hydrogen (secondary N) is 1. The second-order valence-corrected chi connectivity index (χ2v) is 6.70. The summed E-state index contributed by atoms with van der Waals surface area (Å²) in [5.74, 6) is 1.17. The summed E-state index contributed by atoms with van der Waals surface area (Å²) in [6, 6.07) is 8.87. The Morgan fingerprint density at radius 3 is 2.44 bits per heavy atom. The Morgan fingerprint density at radius 1 is 1.22 bits per heavy atom. The van der Waals surface area contributed by atoms with Gasteiger partial charge in [-0.05, 0) is 57.1 Å². The van der Waals surface area contributed by atoms with Gasteiger partial charge in [0, 0.05) is 17.0 Å². The highest BCUT2D eigenvalue weighted by atomic mass is 32.2. The molecule has 1 aromatic carbocycles. The molecule has 0 atom stereocenters. The Hall–Kier alpha value is -0.730. The third kappa shape index (κ3) is 6.87. The number of hydrogen-bond acceptors (Lipinski definition) is 2. The molecule has 1 nitrogen and oxygen atoms in total. The molecular formula is C16H25NS. The Kier molecular flexibility index (Phi) is 6.51. The number of unbranched alkanes of at least 4 members (excludes halogenated alkanes) is 1. The summed E-state index contributed by atoms with van der Waals surface area (Å²) >= 11 is 1.92. The average Bonchev–Trinajstić information content (AvgIpc) is 2.33. The van der Waals surface area contributed by atoms with Crippen LogP contribution in [0.5, 0.6) is 0 Å². The van der Waals surface area contributed by atoms with Crippen LogP contribution in [0.2, 0.25) is 0 Å². The standard InChI is InChI=1S/C16H25NS/c1-5-6-7-12-18-15-10-8-14(9-11-15)13-17-16(2,3)4/h5,8-11,17H,1,6-7,12-13H2,2-4H3. The SMILES string of the molecule is C=CCCCSc1ccc(CNC(C)(C)C)cc1. The molecule has 0 fully saturated rings. The first-order valence-corrected chi connectivity index (χ1v) is 7.57. The molecular weight excluding hydrogens is 238 g/mol. The van der Waals surface area contributed by atoms with E-state index in [0.29, 0.717) is 0 Å². The van der Waals surface area contributed by atoms with Crippen molar-refractivity contribution < 1.29 is 0 Å². The van der Waals surface area contributed by atoms with E-state index in [9.17, 15) is 0 Å². The van der Waals surface area contributed by atoms with Gasteiger partial charge in [0.15, 0.2) is 0 Å². The summed E-state index contributed by atoms with van der Waals surface area (Å²) in [6.07, 6.45) is 4.31. The monoisotopic (exact) mass is 263 g/mol. The minimum absolute atomic E-state index is 0.179. The van der Waals surface area contributed by atoms with E-state index in [1.807, 2.05) is 17.8 Å². The molecule has 0 saturated heterocycles. The van der Waals surface area contributed by atoms with E-state index in [1.54, 1.807) is 0 Å². The van der Waals surface area contributed by atoms with Gasteiger partial charge in [0.1, 0.15) is 0 Å². The molecule has 0 radical (unpaired) electrons. The summed E-state index contributed by atoms with van der Waals surface area (Å²) in [6.45, 7) is 11.3. The Labute approximate surface area is 116 Å². The van der Waals surface area contributed by atoms with E-state index in [4.69, 9.17) is 0 Å². The summed E-state index contributed by atoms with van der Waals surface area (Å²) in [7, 11) is 0. The van der Waals surface area contributed by atoms with Crippen LogP contribution < -0.4 is 5.32 Å². The first-order chi connectivity index (χ1) is 8.51. The molecule has 0 bridgehead atoms. The largest absolute Gasteiger partial charge is 0.308 e. The third-order valence-corrected chi connectivity index (χ3v) is 3.67. The number of rotatable bonds is 7. The maximum absolute atomic E-state index is 3.74. The predicted octanol–water partition coefficient (Wildman–Crippen LogP) is 4.63. The second-order valence-electron chi connectivity index (χ2n) is 5.53. The van der Waals surface area contributed by atoms with Crippen LogP contribution in [-0.2, 0) is 6.54 Å². The average molecular weight is 263 g/mol. The van der Waals surface area contributed by atoms with Gasteiger partial charge in [-0.3, -0.25) is 0 Å². The normalized spacial score (nSPS) is 11.5. The molecule has 0 saturated carbocycles. The minimum atomic E-state index is 0.179. The highest BCUT2D eigenvalue weighted by Crippen LogP contribution is 2.20. The molecule has 0 aliphatic heterocycles. The Morgan fingerprint density at radius 2 is 1.89 bits per heavy atom. The Bertz CT molecular complexity index is 348. The van der Waals surface area contributed by atoms with E-state index in [2.05, 4.69) is 56.9 Å². The lowest BCUT2D eigenvalue weighted by molar-refractivity contribution is 0.424. The van der Waals surface area contributed by atoms with Gasteiger partial charge in [0.2, 0.25) is 0 Å². The topological polar surface area (TPSA) is 12.0 Å². The summed E-state index contributed by atoms with van der Waals surface area (Å²) in [5, 5.41) is 3.50. The van der Waals surface area contributed by atoms with Gasteiger partial charge in [0.05, 0.1) is 0 Å². The number of allylic oxidation sites excluding steroid dienone is 1. The van der Waals surface area contributed by atoms with Crippen molar-refractivity contribution in [1.29, 1.82) is 0 Å². The number of hydrogen-bond donors (Lipinski definition) is 1. The van der Waals surface area contributed by atoms with Crippen molar-refractivity contribution in [2.24, 2.45) is 0 Å². The molecule has 0 heterocycles. The molecule has 2 heteroatoms. The van der Waals surface area contributed by atoms with Crippen molar-refractivity contribution in [1.82, 2.24) is 5.32 Å². The lowest BCUT2D eigenvalue weighted by Crippen LogP contribution is -2.35. The summed E-state index contributed by atoms with van der Waals surface area (Å²) in [5.41, 5.74) is 1.53. The van der Waals surface area contributed by atoms with Crippen LogP contribution in [0.3, 0.4) is 0 Å². The van der Waals surface area contributed by atoms with Crippen LogP contribution in [0.15, 0.2) is 41.8 Å². The fraction of sp³-hybridized carbons (Fsp3) is 0.500. The van der Waals surface area contributed by atoms with Crippen LogP contribution in [0.4, 0.5) is 0 Å². The predicted molar refractivity (Wildman–Crippen MR) is 83.2 cm³/mol. The van der Waals surface area contributed by atoms with E-state index in [0.717, 1.165) is 13.0 Å². The molecule has 0 aliphatic carbocycles. The number of thioether (sulfide) groups is 1. The second kappa shape index (κ2) is 7.65. The van der Waals surface area contributed by atoms with E-state index in [-0.39, 0.29) is 5.54 Å². The zero-order valence-electron chi connectivity index (χ0n) is 11.8. The van der Waals surface area contributed by atoms with Crippen molar-refractivity contribution in [2.45, 2.75) is 50.6 Å². The highest BCUT2D eigenvalue weighted by Gasteiger charge is 2.07. The quantitative estimate of drug-likeness (QED) is 0.437. The lowest BCUT2D eigenvalue weighted by atomic mass is 10.1. The van der Waals surface area contributed by atoms with Crippen molar-refractivity contribution in [3.63, 3.8) is 0 Å². The van der Waals surface area contributed by atoms with Crippen LogP contribution >= 0.6 is 11.8 Å². The van der Waals surface area contributed by atoms with Crippen LogP contribution in [-0.4, -0.2) is 11.3 Å². The van der Waals surface area contributed by atoms with Gasteiger partial charge in [-0.15, -0.1) is 18.3 Å². The molecule has 0 unspecified atom stereocenters. The van der Waals surface area contributed by atoms with Gasteiger partial charge in [-0.25, -0.2) is 0 Å². The molecule has 0 spiro atoms. The zero-order valence-corrected chi connectivity index (χ0v) is 12.6. The van der Waals surface area contributed by atoms with Crippen molar-refractivity contribution >= 4 is 11.8 Å². The van der Waals surface area contributed by atoms with Gasteiger partial charge in [0.25, 0.3) is 0 Å². The van der Waals surface area contributed by atoms with Crippen molar-refractivity contribution in [3.05, 3.63) is 42.5 Å². The minimum Gasteiger partial charge on any atom is -0.308 e. The highest BCUT2D eigenvalue weighted by molar-refractivity contribution is 7.99. The van der Waals surface area contributed by atoms with E-state index < -0.39 is 0 Å². The van der Waals surface area contributed by atoms with Gasteiger partial charge < -0.3 is 5.32 Å². The zero-order chi connectivity index (χ0) is 13.4. The fourth-order valence-electron chi connectivity index (χ4n) is 1.49. The molecule has 18 heavy (non-hydrogen) atoms. The smallest absolute Gasteiger partial charge is 0.0210 e. The molecule has 1 aromatic rings. The van der Waals surface area contributed by atoms with Crippen molar-refractivity contribution in [2.75, 3.05) is 5.75 Å². The lowest BCUT2D eigenvalue weighted by Gasteiger charge is -2.20. The first-order valence-electron chi connectivity index (χ1n) is 6.59. The van der Waals surface area contributed by atoms with E-state index in [1.165, 1.54) is 22.6 Å². The molecule has 1 N–H and O–H groups in total. The first kappa shape index (κ1) is 15.3. The van der Waals surface area contributed by atoms with Crippen LogP contribution in [0.25, 0.3) is 0 Å². The van der Waals surface area contributed by atoms with Gasteiger partial charge in [-0.2, -0.15) is 0 Å². The molecule has 0 amide bonds.